The van der Waals surface area contributed by atoms with E-state index >= 15 is 0 Å². The first-order valence-electron chi connectivity index (χ1n) is 5.71. The Bertz CT molecular complexity index is 432. The molecule has 0 fully saturated rings. The van der Waals surface area contributed by atoms with Gasteiger partial charge in [0, 0.05) is 17.2 Å². The van der Waals surface area contributed by atoms with Crippen molar-refractivity contribution in [2.75, 3.05) is 6.61 Å². The predicted molar refractivity (Wildman–Crippen MR) is 69.1 cm³/mol. The van der Waals surface area contributed by atoms with Crippen LogP contribution in [0.1, 0.15) is 26.7 Å². The molecule has 6 heteroatoms. The quantitative estimate of drug-likeness (QED) is 0.638. The highest BCUT2D eigenvalue weighted by atomic mass is 35.5. The molecule has 0 bridgehead atoms. The fourth-order valence-corrected chi connectivity index (χ4v) is 1.58. The maximum atomic E-state index is 10.8. The van der Waals surface area contributed by atoms with Crippen LogP contribution in [0.15, 0.2) is 18.2 Å². The third kappa shape index (κ3) is 3.58. The predicted octanol–water partition coefficient (Wildman–Crippen LogP) is 3.18. The van der Waals surface area contributed by atoms with E-state index in [0.717, 1.165) is 0 Å². The SMILES string of the molecule is CCC(O)(CC)COc1cc(Cl)ccc1[N+](=O)[O-]. The lowest BCUT2D eigenvalue weighted by atomic mass is 9.99. The van der Waals surface area contributed by atoms with E-state index in [-0.39, 0.29) is 18.0 Å². The second kappa shape index (κ2) is 6.02. The van der Waals surface area contributed by atoms with E-state index < -0.39 is 10.5 Å². The Labute approximate surface area is 110 Å². The molecule has 0 atom stereocenters. The summed E-state index contributed by atoms with van der Waals surface area (Å²) in [5.41, 5.74) is -1.13. The fourth-order valence-electron chi connectivity index (χ4n) is 1.42. The number of hydrogen-bond donors (Lipinski definition) is 1. The number of hydrogen-bond acceptors (Lipinski definition) is 4. The van der Waals surface area contributed by atoms with Crippen molar-refractivity contribution >= 4 is 17.3 Å². The zero-order valence-corrected chi connectivity index (χ0v) is 11.1. The van der Waals surface area contributed by atoms with Gasteiger partial charge in [-0.3, -0.25) is 10.1 Å². The molecule has 1 N–H and O–H groups in total. The number of ether oxygens (including phenoxy) is 1. The van der Waals surface area contributed by atoms with Crippen LogP contribution >= 0.6 is 11.6 Å². The molecule has 0 aliphatic rings. The molecule has 0 amide bonds. The molecular formula is C12H16ClNO4. The minimum Gasteiger partial charge on any atom is -0.484 e. The van der Waals surface area contributed by atoms with Gasteiger partial charge >= 0.3 is 5.69 Å². The zero-order chi connectivity index (χ0) is 13.8. The summed E-state index contributed by atoms with van der Waals surface area (Å²) in [6.07, 6.45) is 1.02. The number of nitro benzene ring substituents is 1. The average Bonchev–Trinajstić information content (AvgIpc) is 2.35. The normalized spacial score (nSPS) is 11.3. The van der Waals surface area contributed by atoms with Gasteiger partial charge in [-0.05, 0) is 18.9 Å². The van der Waals surface area contributed by atoms with Gasteiger partial charge in [0.15, 0.2) is 5.75 Å². The maximum Gasteiger partial charge on any atom is 0.311 e. The Balaban J connectivity index is 2.90. The highest BCUT2D eigenvalue weighted by Crippen LogP contribution is 2.31. The fraction of sp³-hybridized carbons (Fsp3) is 0.500. The standard InChI is InChI=1S/C12H16ClNO4/c1-3-12(15,4-2)8-18-11-7-9(13)5-6-10(11)14(16)17/h5-7,15H,3-4,8H2,1-2H3. The first-order chi connectivity index (χ1) is 8.41. The molecule has 5 nitrogen and oxygen atoms in total. The van der Waals surface area contributed by atoms with E-state index in [0.29, 0.717) is 17.9 Å². The van der Waals surface area contributed by atoms with Gasteiger partial charge in [0.1, 0.15) is 6.61 Å². The van der Waals surface area contributed by atoms with Gasteiger partial charge < -0.3 is 9.84 Å². The molecule has 18 heavy (non-hydrogen) atoms. The molecule has 0 spiro atoms. The molecule has 0 saturated heterocycles. The highest BCUT2D eigenvalue weighted by Gasteiger charge is 2.25. The van der Waals surface area contributed by atoms with Gasteiger partial charge in [-0.1, -0.05) is 25.4 Å². The average molecular weight is 274 g/mol. The number of rotatable bonds is 6. The lowest BCUT2D eigenvalue weighted by molar-refractivity contribution is -0.386. The smallest absolute Gasteiger partial charge is 0.311 e. The molecule has 100 valence electrons. The summed E-state index contributed by atoms with van der Waals surface area (Å²) in [4.78, 5) is 10.3. The first kappa shape index (κ1) is 14.7. The third-order valence-electron chi connectivity index (χ3n) is 2.93. The Kier molecular flexibility index (Phi) is 4.93. The van der Waals surface area contributed by atoms with Crippen molar-refractivity contribution in [1.82, 2.24) is 0 Å². The van der Waals surface area contributed by atoms with Crippen LogP contribution in [0.4, 0.5) is 5.69 Å². The molecule has 0 unspecified atom stereocenters. The molecule has 0 aliphatic heterocycles. The van der Waals surface area contributed by atoms with Crippen LogP contribution < -0.4 is 4.74 Å². The van der Waals surface area contributed by atoms with E-state index in [4.69, 9.17) is 16.3 Å². The Morgan fingerprint density at radius 3 is 2.56 bits per heavy atom. The van der Waals surface area contributed by atoms with Crippen LogP contribution in [-0.2, 0) is 0 Å². The number of nitrogens with zero attached hydrogens (tertiary/aromatic N) is 1. The third-order valence-corrected chi connectivity index (χ3v) is 3.17. The lowest BCUT2D eigenvalue weighted by Gasteiger charge is -2.24. The monoisotopic (exact) mass is 273 g/mol. The molecule has 0 aromatic heterocycles. The molecular weight excluding hydrogens is 258 g/mol. The summed E-state index contributed by atoms with van der Waals surface area (Å²) in [7, 11) is 0. The Morgan fingerprint density at radius 2 is 2.06 bits per heavy atom. The Morgan fingerprint density at radius 1 is 1.44 bits per heavy atom. The van der Waals surface area contributed by atoms with Crippen molar-refractivity contribution in [1.29, 1.82) is 0 Å². The van der Waals surface area contributed by atoms with Crippen molar-refractivity contribution in [3.05, 3.63) is 33.3 Å². The van der Waals surface area contributed by atoms with Crippen LogP contribution in [0.25, 0.3) is 0 Å². The van der Waals surface area contributed by atoms with Crippen LogP contribution in [-0.4, -0.2) is 22.2 Å². The van der Waals surface area contributed by atoms with Crippen LogP contribution in [0.3, 0.4) is 0 Å². The first-order valence-corrected chi connectivity index (χ1v) is 6.09. The largest absolute Gasteiger partial charge is 0.484 e. The number of nitro groups is 1. The van der Waals surface area contributed by atoms with Crippen LogP contribution in [0.2, 0.25) is 5.02 Å². The van der Waals surface area contributed by atoms with Gasteiger partial charge in [0.05, 0.1) is 10.5 Å². The van der Waals surface area contributed by atoms with E-state index in [9.17, 15) is 15.2 Å². The van der Waals surface area contributed by atoms with Gasteiger partial charge in [0.2, 0.25) is 0 Å². The van der Waals surface area contributed by atoms with Gasteiger partial charge in [-0.15, -0.1) is 0 Å². The maximum absolute atomic E-state index is 10.8. The van der Waals surface area contributed by atoms with E-state index in [2.05, 4.69) is 0 Å². The van der Waals surface area contributed by atoms with Crippen molar-refractivity contribution in [3.63, 3.8) is 0 Å². The molecule has 0 saturated carbocycles. The van der Waals surface area contributed by atoms with Crippen molar-refractivity contribution in [2.45, 2.75) is 32.3 Å². The second-order valence-electron chi connectivity index (χ2n) is 4.09. The van der Waals surface area contributed by atoms with Crippen molar-refractivity contribution in [3.8, 4) is 5.75 Å². The zero-order valence-electron chi connectivity index (χ0n) is 10.4. The van der Waals surface area contributed by atoms with Gasteiger partial charge in [-0.25, -0.2) is 0 Å². The Hall–Kier alpha value is -1.33. The number of aliphatic hydroxyl groups is 1. The van der Waals surface area contributed by atoms with Crippen molar-refractivity contribution < 1.29 is 14.8 Å². The summed E-state index contributed by atoms with van der Waals surface area (Å²) >= 11 is 5.77. The summed E-state index contributed by atoms with van der Waals surface area (Å²) in [5, 5.41) is 21.2. The van der Waals surface area contributed by atoms with E-state index in [1.165, 1.54) is 18.2 Å². The molecule has 0 heterocycles. The topological polar surface area (TPSA) is 72.6 Å². The summed E-state index contributed by atoms with van der Waals surface area (Å²) in [6, 6.07) is 4.10. The lowest BCUT2D eigenvalue weighted by Crippen LogP contribution is -2.34. The summed E-state index contributed by atoms with van der Waals surface area (Å²) in [6.45, 7) is 3.67. The van der Waals surface area contributed by atoms with Crippen LogP contribution in [0.5, 0.6) is 5.75 Å². The number of benzene rings is 1. The number of halogens is 1. The molecule has 1 aromatic carbocycles. The highest BCUT2D eigenvalue weighted by molar-refractivity contribution is 6.30. The minimum absolute atomic E-state index is 0.00117. The van der Waals surface area contributed by atoms with Crippen molar-refractivity contribution in [2.24, 2.45) is 0 Å². The van der Waals surface area contributed by atoms with E-state index in [1.807, 2.05) is 13.8 Å². The van der Waals surface area contributed by atoms with Crippen LogP contribution in [0, 0.1) is 10.1 Å². The molecule has 1 rings (SSSR count). The molecule has 0 aliphatic carbocycles. The summed E-state index contributed by atoms with van der Waals surface area (Å²) in [5.74, 6) is 0.0767. The van der Waals surface area contributed by atoms with Gasteiger partial charge in [-0.2, -0.15) is 0 Å². The summed E-state index contributed by atoms with van der Waals surface area (Å²) < 4.78 is 5.35. The second-order valence-corrected chi connectivity index (χ2v) is 4.53. The minimum atomic E-state index is -0.976. The molecule has 0 radical (unpaired) electrons. The van der Waals surface area contributed by atoms with Gasteiger partial charge in [0.25, 0.3) is 0 Å². The molecule has 1 aromatic rings. The van der Waals surface area contributed by atoms with E-state index in [1.54, 1.807) is 0 Å².